The van der Waals surface area contributed by atoms with E-state index < -0.39 is 12.3 Å². The zero-order chi connectivity index (χ0) is 6.57. The quantitative estimate of drug-likeness (QED) is 0.445. The maximum Gasteiger partial charge on any atom is 0.303 e. The minimum atomic E-state index is -0.777. The Morgan fingerprint density at radius 1 is 1.62 bits per heavy atom. The lowest BCUT2D eigenvalue weighted by Crippen LogP contribution is -1.94. The molecule has 0 amide bonds. The van der Waals surface area contributed by atoms with Crippen molar-refractivity contribution in [1.82, 2.24) is 0 Å². The number of hydrogen-bond acceptors (Lipinski definition) is 3. The van der Waals surface area contributed by atoms with Gasteiger partial charge in [0.25, 0.3) is 0 Å². The van der Waals surface area contributed by atoms with Gasteiger partial charge in [0.2, 0.25) is 0 Å². The fourth-order valence-corrected chi connectivity index (χ4v) is 1.19. The molecule has 0 saturated carbocycles. The summed E-state index contributed by atoms with van der Waals surface area (Å²) >= 11 is 7.88. The topological polar surface area (TPSA) is 37.3 Å². The lowest BCUT2D eigenvalue weighted by atomic mass is 10.5. The van der Waals surface area contributed by atoms with Crippen molar-refractivity contribution >= 4 is 36.8 Å². The third-order valence-corrected chi connectivity index (χ3v) is 2.35. The highest BCUT2D eigenvalue weighted by atomic mass is 33.1. The predicted octanol–water partition coefficient (Wildman–Crippen LogP) is 1.63. The Balaban J connectivity index is 3.05. The molecule has 0 aromatic carbocycles. The molecule has 0 rings (SSSR count). The number of aliphatic carboxylic acids is 1. The molecule has 8 heavy (non-hydrogen) atoms. The first kappa shape index (κ1) is 8.60. The molecule has 0 bridgehead atoms. The Kier molecular flexibility index (Phi) is 4.81. The molecular weight excluding hydrogens is 163 g/mol. The number of carbonyl (C=O) groups is 1. The van der Waals surface area contributed by atoms with Crippen molar-refractivity contribution in [2.75, 3.05) is 6.16 Å². The summed E-state index contributed by atoms with van der Waals surface area (Å²) < 4.78 is 0. The lowest BCUT2D eigenvalue weighted by Gasteiger charge is -1.96. The van der Waals surface area contributed by atoms with Gasteiger partial charge in [0.1, 0.15) is 0 Å². The van der Waals surface area contributed by atoms with E-state index in [1.54, 1.807) is 0 Å². The van der Waals surface area contributed by atoms with Gasteiger partial charge in [-0.1, -0.05) is 0 Å². The van der Waals surface area contributed by atoms with E-state index in [1.807, 2.05) is 0 Å². The van der Waals surface area contributed by atoms with Crippen LogP contribution in [-0.2, 0) is 4.79 Å². The maximum absolute atomic E-state index is 9.85. The zero-order valence-electron chi connectivity index (χ0n) is 4.11. The van der Waals surface area contributed by atoms with E-state index in [1.165, 1.54) is 0 Å². The molecular formula is C3H7O2PS2. The molecule has 2 nitrogen and oxygen atoms in total. The first-order valence-electron chi connectivity index (χ1n) is 2.00. The van der Waals surface area contributed by atoms with Crippen LogP contribution in [0, 0.1) is 0 Å². The highest BCUT2D eigenvalue weighted by Crippen LogP contribution is 2.45. The molecule has 0 unspecified atom stereocenters. The Bertz CT molecular complexity index is 85.4. The second-order valence-corrected chi connectivity index (χ2v) is 6.28. The summed E-state index contributed by atoms with van der Waals surface area (Å²) in [6, 6.07) is 0. The van der Waals surface area contributed by atoms with E-state index in [4.69, 9.17) is 5.11 Å². The Morgan fingerprint density at radius 3 is 2.25 bits per heavy atom. The molecule has 0 heterocycles. The van der Waals surface area contributed by atoms with Crippen LogP contribution in [0.5, 0.6) is 0 Å². The van der Waals surface area contributed by atoms with Crippen molar-refractivity contribution in [1.29, 1.82) is 0 Å². The first-order chi connectivity index (χ1) is 3.63. The van der Waals surface area contributed by atoms with Crippen molar-refractivity contribution in [3.8, 4) is 0 Å². The summed E-state index contributed by atoms with van der Waals surface area (Å²) in [5.74, 6) is -0.777. The van der Waals surface area contributed by atoms with Crippen LogP contribution < -0.4 is 0 Å². The second-order valence-electron chi connectivity index (χ2n) is 1.24. The summed E-state index contributed by atoms with van der Waals surface area (Å²) in [4.78, 5) is 9.85. The molecule has 0 aliphatic rings. The summed E-state index contributed by atoms with van der Waals surface area (Å²) in [6.45, 7) is 0. The van der Waals surface area contributed by atoms with Crippen LogP contribution in [0.2, 0.25) is 0 Å². The molecule has 0 fully saturated rings. The van der Waals surface area contributed by atoms with Crippen molar-refractivity contribution in [2.45, 2.75) is 6.42 Å². The van der Waals surface area contributed by atoms with Gasteiger partial charge < -0.3 is 5.11 Å². The zero-order valence-corrected chi connectivity index (χ0v) is 6.79. The van der Waals surface area contributed by atoms with E-state index in [-0.39, 0.29) is 6.42 Å². The highest BCUT2D eigenvalue weighted by molar-refractivity contribution is 8.78. The van der Waals surface area contributed by atoms with E-state index >= 15 is 0 Å². The molecule has 0 aliphatic heterocycles. The lowest BCUT2D eigenvalue weighted by molar-refractivity contribution is -0.136. The third-order valence-electron chi connectivity index (χ3n) is 0.526. The average molecular weight is 170 g/mol. The van der Waals surface area contributed by atoms with Crippen molar-refractivity contribution in [3.63, 3.8) is 0 Å². The number of hydrogen-bond donors (Lipinski definition) is 3. The summed E-state index contributed by atoms with van der Waals surface area (Å²) in [5.41, 5.74) is 0. The van der Waals surface area contributed by atoms with E-state index in [0.29, 0.717) is 6.16 Å². The van der Waals surface area contributed by atoms with Crippen LogP contribution in [-0.4, -0.2) is 17.2 Å². The Morgan fingerprint density at radius 2 is 2.12 bits per heavy atom. The minimum absolute atomic E-state index is 0.179. The summed E-state index contributed by atoms with van der Waals surface area (Å²) in [6.07, 6.45) is 0.135. The molecule has 0 aliphatic carbocycles. The number of carboxylic acid groups (broad SMARTS) is 1. The maximum atomic E-state index is 9.85. The van der Waals surface area contributed by atoms with Gasteiger partial charge in [-0.25, -0.2) is 0 Å². The molecule has 0 radical (unpaired) electrons. The van der Waals surface area contributed by atoms with Gasteiger partial charge in [-0.3, -0.25) is 4.79 Å². The SMILES string of the molecule is O=C(O)CCP(S)S. The summed E-state index contributed by atoms with van der Waals surface area (Å²) in [7, 11) is 0. The summed E-state index contributed by atoms with van der Waals surface area (Å²) in [5, 5.41) is 8.10. The van der Waals surface area contributed by atoms with Crippen LogP contribution in [0.25, 0.3) is 0 Å². The Labute approximate surface area is 59.7 Å². The third kappa shape index (κ3) is 6.60. The monoisotopic (exact) mass is 170 g/mol. The van der Waals surface area contributed by atoms with Gasteiger partial charge >= 0.3 is 5.97 Å². The fourth-order valence-electron chi connectivity index (χ4n) is 0.196. The van der Waals surface area contributed by atoms with Gasteiger partial charge in [0.15, 0.2) is 0 Å². The molecule has 0 saturated heterocycles. The number of carboxylic acids is 1. The van der Waals surface area contributed by atoms with Crippen molar-refractivity contribution in [2.24, 2.45) is 0 Å². The van der Waals surface area contributed by atoms with Crippen LogP contribution >= 0.6 is 30.8 Å². The van der Waals surface area contributed by atoms with Crippen LogP contribution in [0.3, 0.4) is 0 Å². The second kappa shape index (κ2) is 4.48. The molecule has 0 atom stereocenters. The van der Waals surface area contributed by atoms with Crippen molar-refractivity contribution < 1.29 is 9.90 Å². The standard InChI is InChI=1S/C3H7O2PS2/c4-3(5)1-2-6(7)8/h7-8H,1-2H2,(H,4,5). The van der Waals surface area contributed by atoms with Crippen molar-refractivity contribution in [3.05, 3.63) is 0 Å². The smallest absolute Gasteiger partial charge is 0.303 e. The molecule has 0 aromatic heterocycles. The van der Waals surface area contributed by atoms with Gasteiger partial charge in [-0.15, -0.1) is 24.5 Å². The molecule has 48 valence electrons. The van der Waals surface area contributed by atoms with Crippen LogP contribution in [0.4, 0.5) is 0 Å². The normalized spacial score (nSPS) is 9.88. The molecule has 0 spiro atoms. The van der Waals surface area contributed by atoms with Gasteiger partial charge in [-0.05, 0) is 6.16 Å². The molecule has 0 aromatic rings. The van der Waals surface area contributed by atoms with E-state index in [2.05, 4.69) is 24.5 Å². The fraction of sp³-hybridized carbons (Fsp3) is 0.667. The number of rotatable bonds is 3. The Hall–Kier alpha value is 0.600. The number of thiol groups is 2. The van der Waals surface area contributed by atoms with Crippen LogP contribution in [0.1, 0.15) is 6.42 Å². The molecule has 1 N–H and O–H groups in total. The average Bonchev–Trinajstić information content (AvgIpc) is 1.61. The predicted molar refractivity (Wildman–Crippen MR) is 42.0 cm³/mol. The van der Waals surface area contributed by atoms with E-state index in [9.17, 15) is 4.79 Å². The first-order valence-corrected chi connectivity index (χ1v) is 5.83. The highest BCUT2D eigenvalue weighted by Gasteiger charge is 1.99. The van der Waals surface area contributed by atoms with Gasteiger partial charge in [0.05, 0.1) is 6.42 Å². The minimum Gasteiger partial charge on any atom is -0.481 e. The largest absolute Gasteiger partial charge is 0.481 e. The van der Waals surface area contributed by atoms with E-state index in [0.717, 1.165) is 0 Å². The van der Waals surface area contributed by atoms with Gasteiger partial charge in [0, 0.05) is 6.33 Å². The van der Waals surface area contributed by atoms with Crippen LogP contribution in [0.15, 0.2) is 0 Å². The van der Waals surface area contributed by atoms with Gasteiger partial charge in [-0.2, -0.15) is 0 Å². The molecule has 5 heteroatoms.